The maximum absolute atomic E-state index is 13.6. The SMILES string of the molecule is O=C(O)[C@H](Cc1ccccc1F)Sc1ccc(Cl)cc1. The predicted octanol–water partition coefficient (Wildman–Crippen LogP) is 4.27. The van der Waals surface area contributed by atoms with Gasteiger partial charge in [-0.05, 0) is 42.3 Å². The van der Waals surface area contributed by atoms with Gasteiger partial charge in [0.25, 0.3) is 0 Å². The van der Waals surface area contributed by atoms with Crippen molar-refractivity contribution in [1.82, 2.24) is 0 Å². The molecule has 0 saturated carbocycles. The van der Waals surface area contributed by atoms with E-state index in [0.717, 1.165) is 4.90 Å². The zero-order valence-corrected chi connectivity index (χ0v) is 12.0. The second kappa shape index (κ2) is 6.77. The minimum atomic E-state index is -0.965. The largest absolute Gasteiger partial charge is 0.480 e. The standard InChI is InChI=1S/C15H12ClFO2S/c16-11-5-7-12(8-6-11)20-14(15(18)19)9-10-3-1-2-4-13(10)17/h1-8,14H,9H2,(H,18,19)/t14-/m0/s1. The molecule has 1 atom stereocenters. The van der Waals surface area contributed by atoms with Gasteiger partial charge < -0.3 is 5.11 Å². The lowest BCUT2D eigenvalue weighted by Crippen LogP contribution is -2.19. The summed E-state index contributed by atoms with van der Waals surface area (Å²) in [4.78, 5) is 12.1. The fraction of sp³-hybridized carbons (Fsp3) is 0.133. The third kappa shape index (κ3) is 3.99. The van der Waals surface area contributed by atoms with Gasteiger partial charge in [-0.2, -0.15) is 0 Å². The van der Waals surface area contributed by atoms with Crippen LogP contribution in [0, 0.1) is 5.82 Å². The van der Waals surface area contributed by atoms with E-state index in [1.165, 1.54) is 17.8 Å². The van der Waals surface area contributed by atoms with E-state index in [0.29, 0.717) is 10.6 Å². The first-order valence-electron chi connectivity index (χ1n) is 5.94. The lowest BCUT2D eigenvalue weighted by atomic mass is 10.1. The number of thioether (sulfide) groups is 1. The third-order valence-electron chi connectivity index (χ3n) is 2.73. The number of carboxylic acid groups (broad SMARTS) is 1. The molecule has 2 rings (SSSR count). The topological polar surface area (TPSA) is 37.3 Å². The van der Waals surface area contributed by atoms with Crippen molar-refractivity contribution in [2.75, 3.05) is 0 Å². The molecule has 0 unspecified atom stereocenters. The Bertz CT molecular complexity index is 601. The van der Waals surface area contributed by atoms with E-state index in [9.17, 15) is 14.3 Å². The van der Waals surface area contributed by atoms with E-state index >= 15 is 0 Å². The zero-order valence-electron chi connectivity index (χ0n) is 10.4. The summed E-state index contributed by atoms with van der Waals surface area (Å²) in [6.07, 6.45) is 0.134. The molecular formula is C15H12ClFO2S. The average molecular weight is 311 g/mol. The molecule has 1 N–H and O–H groups in total. The summed E-state index contributed by atoms with van der Waals surface area (Å²) >= 11 is 6.97. The van der Waals surface area contributed by atoms with Crippen LogP contribution in [0.5, 0.6) is 0 Å². The van der Waals surface area contributed by atoms with Crippen molar-refractivity contribution < 1.29 is 14.3 Å². The number of hydrogen-bond acceptors (Lipinski definition) is 2. The number of hydrogen-bond donors (Lipinski definition) is 1. The molecule has 104 valence electrons. The zero-order chi connectivity index (χ0) is 14.5. The highest BCUT2D eigenvalue weighted by atomic mass is 35.5. The van der Waals surface area contributed by atoms with Gasteiger partial charge in [0.05, 0.1) is 0 Å². The van der Waals surface area contributed by atoms with E-state index in [1.54, 1.807) is 42.5 Å². The van der Waals surface area contributed by atoms with Crippen molar-refractivity contribution in [3.8, 4) is 0 Å². The highest BCUT2D eigenvalue weighted by Crippen LogP contribution is 2.27. The number of aliphatic carboxylic acids is 1. The van der Waals surface area contributed by atoms with E-state index in [4.69, 9.17) is 11.6 Å². The Morgan fingerprint density at radius 2 is 1.85 bits per heavy atom. The fourth-order valence-corrected chi connectivity index (χ4v) is 2.83. The van der Waals surface area contributed by atoms with Gasteiger partial charge in [-0.1, -0.05) is 29.8 Å². The van der Waals surface area contributed by atoms with Gasteiger partial charge in [0.2, 0.25) is 0 Å². The summed E-state index contributed by atoms with van der Waals surface area (Å²) in [6, 6.07) is 13.1. The van der Waals surface area contributed by atoms with Gasteiger partial charge in [-0.25, -0.2) is 4.39 Å². The fourth-order valence-electron chi connectivity index (χ4n) is 1.72. The molecular weight excluding hydrogens is 299 g/mol. The molecule has 2 aromatic rings. The van der Waals surface area contributed by atoms with Crippen LogP contribution in [0.25, 0.3) is 0 Å². The lowest BCUT2D eigenvalue weighted by Gasteiger charge is -2.12. The molecule has 0 radical (unpaired) electrons. The second-order valence-electron chi connectivity index (χ2n) is 4.19. The van der Waals surface area contributed by atoms with Crippen LogP contribution in [0.15, 0.2) is 53.4 Å². The maximum Gasteiger partial charge on any atom is 0.317 e. The van der Waals surface area contributed by atoms with Crippen LogP contribution in [-0.2, 0) is 11.2 Å². The Kier molecular flexibility index (Phi) is 5.04. The Morgan fingerprint density at radius 3 is 2.45 bits per heavy atom. The Balaban J connectivity index is 2.14. The van der Waals surface area contributed by atoms with Crippen molar-refractivity contribution in [3.05, 3.63) is 64.9 Å². The van der Waals surface area contributed by atoms with E-state index in [-0.39, 0.29) is 12.2 Å². The number of halogens is 2. The quantitative estimate of drug-likeness (QED) is 0.838. The third-order valence-corrected chi connectivity index (χ3v) is 4.18. The molecule has 0 amide bonds. The molecule has 0 aliphatic carbocycles. The van der Waals surface area contributed by atoms with Crippen LogP contribution in [0.2, 0.25) is 5.02 Å². The first-order valence-corrected chi connectivity index (χ1v) is 7.20. The Hall–Kier alpha value is -1.52. The molecule has 0 aromatic heterocycles. The monoisotopic (exact) mass is 310 g/mol. The van der Waals surface area contributed by atoms with Crippen LogP contribution in [0.1, 0.15) is 5.56 Å². The minimum absolute atomic E-state index is 0.134. The average Bonchev–Trinajstić information content (AvgIpc) is 2.42. The van der Waals surface area contributed by atoms with Gasteiger partial charge in [0.1, 0.15) is 11.1 Å². The van der Waals surface area contributed by atoms with Crippen LogP contribution in [0.3, 0.4) is 0 Å². The molecule has 0 fully saturated rings. The molecule has 0 aliphatic rings. The van der Waals surface area contributed by atoms with Crippen molar-refractivity contribution in [3.63, 3.8) is 0 Å². The van der Waals surface area contributed by atoms with E-state index in [1.807, 2.05) is 0 Å². The van der Waals surface area contributed by atoms with Gasteiger partial charge >= 0.3 is 5.97 Å². The Morgan fingerprint density at radius 1 is 1.20 bits per heavy atom. The predicted molar refractivity (Wildman–Crippen MR) is 78.8 cm³/mol. The summed E-state index contributed by atoms with van der Waals surface area (Å²) in [5, 5.41) is 9.12. The van der Waals surface area contributed by atoms with Crippen LogP contribution in [-0.4, -0.2) is 16.3 Å². The minimum Gasteiger partial charge on any atom is -0.480 e. The molecule has 2 aromatic carbocycles. The first kappa shape index (κ1) is 14.9. The molecule has 0 saturated heterocycles. The van der Waals surface area contributed by atoms with Gasteiger partial charge in [-0.15, -0.1) is 11.8 Å². The Labute approximate surface area is 125 Å². The molecule has 0 spiro atoms. The molecule has 0 aliphatic heterocycles. The van der Waals surface area contributed by atoms with Crippen molar-refractivity contribution >= 4 is 29.3 Å². The maximum atomic E-state index is 13.6. The van der Waals surface area contributed by atoms with Crippen molar-refractivity contribution in [2.45, 2.75) is 16.6 Å². The van der Waals surface area contributed by atoms with Crippen LogP contribution in [0.4, 0.5) is 4.39 Å². The number of rotatable bonds is 5. The van der Waals surface area contributed by atoms with E-state index < -0.39 is 11.2 Å². The number of benzene rings is 2. The van der Waals surface area contributed by atoms with Crippen LogP contribution < -0.4 is 0 Å². The van der Waals surface area contributed by atoms with Gasteiger partial charge in [0.15, 0.2) is 0 Å². The van der Waals surface area contributed by atoms with Crippen molar-refractivity contribution in [1.29, 1.82) is 0 Å². The molecule has 0 heterocycles. The highest BCUT2D eigenvalue weighted by molar-refractivity contribution is 8.00. The number of carbonyl (C=O) groups is 1. The van der Waals surface area contributed by atoms with E-state index in [2.05, 4.69) is 0 Å². The molecule has 5 heteroatoms. The summed E-state index contributed by atoms with van der Waals surface area (Å²) in [6.45, 7) is 0. The highest BCUT2D eigenvalue weighted by Gasteiger charge is 2.20. The van der Waals surface area contributed by atoms with Gasteiger partial charge in [0, 0.05) is 9.92 Å². The summed E-state index contributed by atoms with van der Waals surface area (Å²) in [7, 11) is 0. The summed E-state index contributed by atoms with van der Waals surface area (Å²) < 4.78 is 13.6. The van der Waals surface area contributed by atoms with Gasteiger partial charge in [-0.3, -0.25) is 4.79 Å². The smallest absolute Gasteiger partial charge is 0.317 e. The molecule has 20 heavy (non-hydrogen) atoms. The second-order valence-corrected chi connectivity index (χ2v) is 5.91. The molecule has 2 nitrogen and oxygen atoms in total. The van der Waals surface area contributed by atoms with Crippen LogP contribution >= 0.6 is 23.4 Å². The molecule has 0 bridgehead atoms. The first-order chi connectivity index (χ1) is 9.56. The van der Waals surface area contributed by atoms with Crippen molar-refractivity contribution in [2.24, 2.45) is 0 Å². The summed E-state index contributed by atoms with van der Waals surface area (Å²) in [5.41, 5.74) is 0.404. The normalized spacial score (nSPS) is 12.1. The summed E-state index contributed by atoms with van der Waals surface area (Å²) in [5.74, 6) is -1.34. The number of carboxylic acids is 1. The lowest BCUT2D eigenvalue weighted by molar-refractivity contribution is -0.136.